The van der Waals surface area contributed by atoms with Crippen molar-refractivity contribution in [1.82, 2.24) is 9.55 Å². The summed E-state index contributed by atoms with van der Waals surface area (Å²) >= 11 is 0. The van der Waals surface area contributed by atoms with Gasteiger partial charge < -0.3 is 39.6 Å². The van der Waals surface area contributed by atoms with Crippen LogP contribution in [0.4, 0.5) is 5.82 Å². The summed E-state index contributed by atoms with van der Waals surface area (Å²) in [6, 6.07) is 0. The molecule has 1 aliphatic heterocycles. The minimum atomic E-state index is -0.816. The molecule has 3 atom stereocenters. The van der Waals surface area contributed by atoms with Gasteiger partial charge in [-0.2, -0.15) is 4.98 Å². The van der Waals surface area contributed by atoms with E-state index in [1.165, 1.54) is 4.57 Å². The van der Waals surface area contributed by atoms with E-state index in [9.17, 15) is 9.90 Å². The van der Waals surface area contributed by atoms with Gasteiger partial charge in [0.15, 0.2) is 0 Å². The lowest BCUT2D eigenvalue weighted by Crippen LogP contribution is -2.29. The molecule has 1 saturated heterocycles. The van der Waals surface area contributed by atoms with Crippen molar-refractivity contribution in [1.29, 1.82) is 0 Å². The minimum absolute atomic E-state index is 0.00135. The summed E-state index contributed by atoms with van der Waals surface area (Å²) in [5.74, 6) is 0.462. The van der Waals surface area contributed by atoms with Crippen LogP contribution in [0.25, 0.3) is 0 Å². The van der Waals surface area contributed by atoms with Crippen LogP contribution in [0.3, 0.4) is 0 Å². The highest BCUT2D eigenvalue weighted by Crippen LogP contribution is 2.27. The van der Waals surface area contributed by atoms with E-state index >= 15 is 0 Å². The van der Waals surface area contributed by atoms with Crippen molar-refractivity contribution in [3.8, 4) is 0 Å². The molecule has 2 heterocycles. The SMILES string of the molecule is Cc1cn([C@H]2C[C@H](O)[C@@H](CO)O2)c(=O)nc1NCCOCCOCCOCCO. The minimum Gasteiger partial charge on any atom is -0.394 e. The van der Waals surface area contributed by atoms with E-state index in [1.807, 2.05) is 6.92 Å². The number of rotatable bonds is 14. The van der Waals surface area contributed by atoms with E-state index in [0.717, 1.165) is 5.56 Å². The monoisotopic (exact) mass is 417 g/mol. The molecule has 0 aliphatic carbocycles. The zero-order valence-electron chi connectivity index (χ0n) is 16.7. The summed E-state index contributed by atoms with van der Waals surface area (Å²) in [4.78, 5) is 16.3. The predicted octanol–water partition coefficient (Wildman–Crippen LogP) is -1.35. The number of aliphatic hydroxyl groups excluding tert-OH is 3. The molecular formula is C18H31N3O8. The van der Waals surface area contributed by atoms with Crippen molar-refractivity contribution in [3.05, 3.63) is 22.2 Å². The van der Waals surface area contributed by atoms with Crippen molar-refractivity contribution >= 4 is 5.82 Å². The Kier molecular flexibility index (Phi) is 10.5. The van der Waals surface area contributed by atoms with Gasteiger partial charge in [0.25, 0.3) is 0 Å². The van der Waals surface area contributed by atoms with Gasteiger partial charge >= 0.3 is 5.69 Å². The average Bonchev–Trinajstić information content (AvgIpc) is 3.08. The van der Waals surface area contributed by atoms with Gasteiger partial charge in [-0.15, -0.1) is 0 Å². The Morgan fingerprint density at radius 1 is 1.17 bits per heavy atom. The maximum atomic E-state index is 12.3. The Bertz CT molecular complexity index is 656. The Labute approximate surface area is 169 Å². The number of aryl methyl sites for hydroxylation is 1. The smallest absolute Gasteiger partial charge is 0.351 e. The van der Waals surface area contributed by atoms with Crippen molar-refractivity contribution in [3.63, 3.8) is 0 Å². The highest BCUT2D eigenvalue weighted by molar-refractivity contribution is 5.41. The van der Waals surface area contributed by atoms with Crippen LogP contribution < -0.4 is 11.0 Å². The van der Waals surface area contributed by atoms with E-state index in [1.54, 1.807) is 6.20 Å². The third kappa shape index (κ3) is 7.63. The van der Waals surface area contributed by atoms with Crippen molar-refractivity contribution in [2.75, 3.05) is 64.7 Å². The van der Waals surface area contributed by atoms with Gasteiger partial charge in [-0.25, -0.2) is 4.79 Å². The maximum Gasteiger partial charge on any atom is 0.351 e. The van der Waals surface area contributed by atoms with Crippen molar-refractivity contribution in [2.45, 2.75) is 31.8 Å². The first-order chi connectivity index (χ1) is 14.1. The molecule has 0 amide bonds. The molecule has 2 rings (SSSR count). The molecule has 0 bridgehead atoms. The molecule has 0 spiro atoms. The topological polar surface area (TPSA) is 145 Å². The Hall–Kier alpha value is -1.60. The maximum absolute atomic E-state index is 12.3. The van der Waals surface area contributed by atoms with Crippen LogP contribution >= 0.6 is 0 Å². The molecular weight excluding hydrogens is 386 g/mol. The lowest BCUT2D eigenvalue weighted by molar-refractivity contribution is -0.0459. The first kappa shape index (κ1) is 23.7. The Morgan fingerprint density at radius 2 is 1.83 bits per heavy atom. The molecule has 1 fully saturated rings. The third-order valence-corrected chi connectivity index (χ3v) is 4.35. The lowest BCUT2D eigenvalue weighted by atomic mass is 10.2. The molecule has 1 aliphatic rings. The largest absolute Gasteiger partial charge is 0.394 e. The fourth-order valence-corrected chi connectivity index (χ4v) is 2.85. The molecule has 0 saturated carbocycles. The van der Waals surface area contributed by atoms with Gasteiger partial charge in [-0.1, -0.05) is 0 Å². The predicted molar refractivity (Wildman–Crippen MR) is 103 cm³/mol. The number of hydrogen-bond acceptors (Lipinski definition) is 10. The summed E-state index contributed by atoms with van der Waals surface area (Å²) in [6.07, 6.45) is -0.305. The second kappa shape index (κ2) is 12.9. The molecule has 0 unspecified atom stereocenters. The van der Waals surface area contributed by atoms with E-state index in [2.05, 4.69) is 10.3 Å². The van der Waals surface area contributed by atoms with Crippen LogP contribution in [0.2, 0.25) is 0 Å². The van der Waals surface area contributed by atoms with Crippen LogP contribution in [0, 0.1) is 6.92 Å². The zero-order valence-corrected chi connectivity index (χ0v) is 16.7. The summed E-state index contributed by atoms with van der Waals surface area (Å²) < 4.78 is 22.7. The van der Waals surface area contributed by atoms with Gasteiger partial charge in [0, 0.05) is 24.7 Å². The molecule has 0 aromatic carbocycles. The molecule has 0 radical (unpaired) electrons. The van der Waals surface area contributed by atoms with Crippen LogP contribution in [0.5, 0.6) is 0 Å². The third-order valence-electron chi connectivity index (χ3n) is 4.35. The summed E-state index contributed by atoms with van der Waals surface area (Å²) in [5.41, 5.74) is 0.257. The highest BCUT2D eigenvalue weighted by atomic mass is 16.5. The molecule has 11 nitrogen and oxygen atoms in total. The fraction of sp³-hybridized carbons (Fsp3) is 0.778. The summed E-state index contributed by atoms with van der Waals surface area (Å²) in [7, 11) is 0. The van der Waals surface area contributed by atoms with Gasteiger partial charge in [0.1, 0.15) is 18.1 Å². The number of nitrogens with one attached hydrogen (secondary N) is 1. The van der Waals surface area contributed by atoms with E-state index < -0.39 is 24.1 Å². The Morgan fingerprint density at radius 3 is 2.45 bits per heavy atom. The molecule has 1 aromatic heterocycles. The van der Waals surface area contributed by atoms with Gasteiger partial charge in [0.05, 0.1) is 59.0 Å². The number of hydrogen-bond donors (Lipinski definition) is 4. The number of aromatic nitrogens is 2. The molecule has 1 aromatic rings. The highest BCUT2D eigenvalue weighted by Gasteiger charge is 2.35. The zero-order chi connectivity index (χ0) is 21.1. The number of anilines is 1. The fourth-order valence-electron chi connectivity index (χ4n) is 2.85. The van der Waals surface area contributed by atoms with E-state index in [-0.39, 0.29) is 19.6 Å². The first-order valence-electron chi connectivity index (χ1n) is 9.69. The average molecular weight is 417 g/mol. The second-order valence-electron chi connectivity index (χ2n) is 6.56. The molecule has 11 heteroatoms. The van der Waals surface area contributed by atoms with Crippen LogP contribution in [-0.2, 0) is 18.9 Å². The van der Waals surface area contributed by atoms with Crippen molar-refractivity contribution in [2.24, 2.45) is 0 Å². The Balaban J connectivity index is 1.67. The summed E-state index contributed by atoms with van der Waals surface area (Å²) in [5, 5.41) is 30.6. The number of nitrogens with zero attached hydrogens (tertiary/aromatic N) is 2. The van der Waals surface area contributed by atoms with Gasteiger partial charge in [0.2, 0.25) is 0 Å². The van der Waals surface area contributed by atoms with Crippen LogP contribution in [0.1, 0.15) is 18.2 Å². The number of ether oxygens (including phenoxy) is 4. The lowest BCUT2D eigenvalue weighted by Gasteiger charge is -2.16. The van der Waals surface area contributed by atoms with Crippen LogP contribution in [0.15, 0.2) is 11.0 Å². The normalized spacial score (nSPS) is 21.6. The van der Waals surface area contributed by atoms with Gasteiger partial charge in [-0.3, -0.25) is 4.57 Å². The number of aliphatic hydroxyl groups is 3. The molecule has 4 N–H and O–H groups in total. The molecule has 166 valence electrons. The van der Waals surface area contributed by atoms with E-state index in [4.69, 9.17) is 29.2 Å². The quantitative estimate of drug-likeness (QED) is 0.268. The van der Waals surface area contributed by atoms with Gasteiger partial charge in [-0.05, 0) is 6.92 Å². The standard InChI is InChI=1S/C18H31N3O8/c1-13-11-21(16-10-14(24)15(12-23)29-16)18(25)20-17(13)19-2-4-26-6-8-28-9-7-27-5-3-22/h11,14-16,22-24H,2-10,12H2,1H3,(H,19,20,25)/t14-,15+,16+/m0/s1. The summed E-state index contributed by atoms with van der Waals surface area (Å²) in [6.45, 7) is 4.47. The van der Waals surface area contributed by atoms with Crippen molar-refractivity contribution < 1.29 is 34.3 Å². The van der Waals surface area contributed by atoms with E-state index in [0.29, 0.717) is 52.0 Å². The first-order valence-corrected chi connectivity index (χ1v) is 9.69. The van der Waals surface area contributed by atoms with Crippen LogP contribution in [-0.4, -0.2) is 96.5 Å². The second-order valence-corrected chi connectivity index (χ2v) is 6.56. The molecule has 29 heavy (non-hydrogen) atoms.